The summed E-state index contributed by atoms with van der Waals surface area (Å²) in [5, 5.41) is 2.98. The number of hydrogen-bond donors (Lipinski definition) is 1. The van der Waals surface area contributed by atoms with Crippen molar-refractivity contribution in [3.63, 3.8) is 0 Å². The van der Waals surface area contributed by atoms with Crippen molar-refractivity contribution in [2.75, 3.05) is 43.4 Å². The van der Waals surface area contributed by atoms with Crippen molar-refractivity contribution in [3.05, 3.63) is 24.3 Å². The largest absolute Gasteiger partial charge is 0.369 e. The summed E-state index contributed by atoms with van der Waals surface area (Å²) in [7, 11) is 2.16. The number of piperazine rings is 1. The van der Waals surface area contributed by atoms with E-state index in [0.717, 1.165) is 44.7 Å². The number of carbonyl (C=O) groups excluding carboxylic acids is 1. The van der Waals surface area contributed by atoms with Gasteiger partial charge in [-0.25, -0.2) is 0 Å². The first kappa shape index (κ1) is 12.5. The van der Waals surface area contributed by atoms with E-state index in [1.807, 2.05) is 12.1 Å². The highest BCUT2D eigenvalue weighted by molar-refractivity contribution is 5.94. The Balaban J connectivity index is 1.60. The minimum absolute atomic E-state index is 0.173. The van der Waals surface area contributed by atoms with Crippen LogP contribution in [0.1, 0.15) is 12.8 Å². The maximum Gasteiger partial charge on any atom is 0.227 e. The summed E-state index contributed by atoms with van der Waals surface area (Å²) in [6.45, 7) is 4.37. The fourth-order valence-electron chi connectivity index (χ4n) is 2.41. The molecule has 1 heterocycles. The normalized spacial score (nSPS) is 20.4. The third-order valence-corrected chi connectivity index (χ3v) is 3.95. The van der Waals surface area contributed by atoms with E-state index in [9.17, 15) is 4.79 Å². The number of anilines is 2. The molecule has 102 valence electrons. The van der Waals surface area contributed by atoms with Crippen molar-refractivity contribution < 1.29 is 4.79 Å². The molecule has 19 heavy (non-hydrogen) atoms. The smallest absolute Gasteiger partial charge is 0.227 e. The van der Waals surface area contributed by atoms with Gasteiger partial charge in [-0.15, -0.1) is 0 Å². The topological polar surface area (TPSA) is 35.6 Å². The molecule has 2 aliphatic rings. The number of rotatable bonds is 3. The lowest BCUT2D eigenvalue weighted by molar-refractivity contribution is -0.117. The van der Waals surface area contributed by atoms with Gasteiger partial charge in [0, 0.05) is 43.5 Å². The average Bonchev–Trinajstić information content (AvgIpc) is 3.25. The highest BCUT2D eigenvalue weighted by atomic mass is 16.2. The lowest BCUT2D eigenvalue weighted by atomic mass is 10.2. The first-order valence-corrected chi connectivity index (χ1v) is 7.07. The molecule has 0 unspecified atom stereocenters. The molecule has 0 bridgehead atoms. The van der Waals surface area contributed by atoms with E-state index in [1.165, 1.54) is 5.69 Å². The molecule has 0 spiro atoms. The van der Waals surface area contributed by atoms with Crippen molar-refractivity contribution in [1.29, 1.82) is 0 Å². The van der Waals surface area contributed by atoms with E-state index in [0.29, 0.717) is 0 Å². The molecule has 4 nitrogen and oxygen atoms in total. The fourth-order valence-corrected chi connectivity index (χ4v) is 2.41. The first-order valence-electron chi connectivity index (χ1n) is 7.07. The van der Waals surface area contributed by atoms with Crippen LogP contribution in [0, 0.1) is 5.92 Å². The third-order valence-electron chi connectivity index (χ3n) is 3.95. The fraction of sp³-hybridized carbons (Fsp3) is 0.533. The van der Waals surface area contributed by atoms with Crippen molar-refractivity contribution in [1.82, 2.24) is 4.90 Å². The van der Waals surface area contributed by atoms with E-state index < -0.39 is 0 Å². The number of likely N-dealkylation sites (N-methyl/N-ethyl adjacent to an activating group) is 1. The van der Waals surface area contributed by atoms with Crippen LogP contribution in [0.25, 0.3) is 0 Å². The number of nitrogens with one attached hydrogen (secondary N) is 1. The SMILES string of the molecule is CN1CCN(c2ccc(NC(=O)C3CC3)cc2)CC1. The van der Waals surface area contributed by atoms with Gasteiger partial charge in [0.15, 0.2) is 0 Å². The van der Waals surface area contributed by atoms with Crippen LogP contribution in [-0.4, -0.2) is 44.0 Å². The van der Waals surface area contributed by atoms with Gasteiger partial charge >= 0.3 is 0 Å². The molecule has 4 heteroatoms. The minimum Gasteiger partial charge on any atom is -0.369 e. The van der Waals surface area contributed by atoms with Crippen LogP contribution in [0.4, 0.5) is 11.4 Å². The third kappa shape index (κ3) is 3.07. The molecule has 1 saturated carbocycles. The minimum atomic E-state index is 0.173. The highest BCUT2D eigenvalue weighted by Gasteiger charge is 2.29. The maximum absolute atomic E-state index is 11.7. The summed E-state index contributed by atoms with van der Waals surface area (Å²) in [6.07, 6.45) is 2.09. The first-order chi connectivity index (χ1) is 9.22. The second kappa shape index (κ2) is 5.21. The van der Waals surface area contributed by atoms with Crippen LogP contribution < -0.4 is 10.2 Å². The van der Waals surface area contributed by atoms with Gasteiger partial charge in [0.05, 0.1) is 0 Å². The lowest BCUT2D eigenvalue weighted by Crippen LogP contribution is -2.44. The van der Waals surface area contributed by atoms with Gasteiger partial charge < -0.3 is 15.1 Å². The van der Waals surface area contributed by atoms with Crippen molar-refractivity contribution >= 4 is 17.3 Å². The average molecular weight is 259 g/mol. The summed E-state index contributed by atoms with van der Waals surface area (Å²) in [5.74, 6) is 0.435. The van der Waals surface area contributed by atoms with E-state index in [1.54, 1.807) is 0 Å². The zero-order valence-corrected chi connectivity index (χ0v) is 11.4. The van der Waals surface area contributed by atoms with Crippen LogP contribution in [-0.2, 0) is 4.79 Å². The van der Waals surface area contributed by atoms with Gasteiger partial charge in [0.1, 0.15) is 0 Å². The molecule has 0 radical (unpaired) electrons. The zero-order chi connectivity index (χ0) is 13.2. The van der Waals surface area contributed by atoms with Crippen molar-refractivity contribution in [2.24, 2.45) is 5.92 Å². The molecule has 0 atom stereocenters. The predicted octanol–water partition coefficient (Wildman–Crippen LogP) is 1.79. The molecule has 1 saturated heterocycles. The number of nitrogens with zero attached hydrogens (tertiary/aromatic N) is 2. The Bertz CT molecular complexity index is 445. The zero-order valence-electron chi connectivity index (χ0n) is 11.4. The van der Waals surface area contributed by atoms with E-state index >= 15 is 0 Å². The molecule has 1 N–H and O–H groups in total. The maximum atomic E-state index is 11.7. The van der Waals surface area contributed by atoms with E-state index in [2.05, 4.69) is 34.3 Å². The van der Waals surface area contributed by atoms with Gasteiger partial charge in [-0.3, -0.25) is 4.79 Å². The number of benzene rings is 1. The van der Waals surface area contributed by atoms with Crippen LogP contribution in [0.2, 0.25) is 0 Å². The number of carbonyl (C=O) groups is 1. The molecule has 0 aromatic heterocycles. The summed E-state index contributed by atoms with van der Waals surface area (Å²) in [5.41, 5.74) is 2.16. The quantitative estimate of drug-likeness (QED) is 0.899. The highest BCUT2D eigenvalue weighted by Crippen LogP contribution is 2.30. The van der Waals surface area contributed by atoms with Crippen LogP contribution >= 0.6 is 0 Å². The molecule has 1 aromatic rings. The summed E-state index contributed by atoms with van der Waals surface area (Å²) in [4.78, 5) is 16.4. The van der Waals surface area contributed by atoms with Crippen molar-refractivity contribution in [3.8, 4) is 0 Å². The van der Waals surface area contributed by atoms with Gasteiger partial charge in [-0.2, -0.15) is 0 Å². The van der Waals surface area contributed by atoms with Gasteiger partial charge in [-0.1, -0.05) is 0 Å². The lowest BCUT2D eigenvalue weighted by Gasteiger charge is -2.34. The monoisotopic (exact) mass is 259 g/mol. The molecule has 2 fully saturated rings. The second-order valence-electron chi connectivity index (χ2n) is 5.60. The van der Waals surface area contributed by atoms with Crippen LogP contribution in [0.3, 0.4) is 0 Å². The summed E-state index contributed by atoms with van der Waals surface area (Å²) >= 11 is 0. The Morgan fingerprint density at radius 1 is 1.11 bits per heavy atom. The van der Waals surface area contributed by atoms with Crippen LogP contribution in [0.5, 0.6) is 0 Å². The summed E-state index contributed by atoms with van der Waals surface area (Å²) in [6, 6.07) is 8.23. The van der Waals surface area contributed by atoms with E-state index in [-0.39, 0.29) is 11.8 Å². The number of amides is 1. The Kier molecular flexibility index (Phi) is 3.42. The Hall–Kier alpha value is -1.55. The second-order valence-corrected chi connectivity index (χ2v) is 5.60. The molecular formula is C15H21N3O. The molecular weight excluding hydrogens is 238 g/mol. The Labute approximate surface area is 114 Å². The summed E-state index contributed by atoms with van der Waals surface area (Å²) < 4.78 is 0. The Morgan fingerprint density at radius 3 is 2.32 bits per heavy atom. The molecule has 3 rings (SSSR count). The van der Waals surface area contributed by atoms with Gasteiger partial charge in [-0.05, 0) is 44.2 Å². The molecule has 1 amide bonds. The molecule has 1 aliphatic carbocycles. The number of hydrogen-bond acceptors (Lipinski definition) is 3. The van der Waals surface area contributed by atoms with Crippen LogP contribution in [0.15, 0.2) is 24.3 Å². The standard InChI is InChI=1S/C15H21N3O/c1-17-8-10-18(11-9-17)14-6-4-13(5-7-14)16-15(19)12-2-3-12/h4-7,12H,2-3,8-11H2,1H3,(H,16,19). The van der Waals surface area contributed by atoms with Gasteiger partial charge in [0.2, 0.25) is 5.91 Å². The van der Waals surface area contributed by atoms with Gasteiger partial charge in [0.25, 0.3) is 0 Å². The molecule has 1 aliphatic heterocycles. The predicted molar refractivity (Wildman–Crippen MR) is 77.5 cm³/mol. The molecule has 1 aromatic carbocycles. The Morgan fingerprint density at radius 2 is 1.74 bits per heavy atom. The van der Waals surface area contributed by atoms with E-state index in [4.69, 9.17) is 0 Å². The van der Waals surface area contributed by atoms with Crippen molar-refractivity contribution in [2.45, 2.75) is 12.8 Å².